The first kappa shape index (κ1) is 24.2. The van der Waals surface area contributed by atoms with Gasteiger partial charge in [0.25, 0.3) is 0 Å². The predicted molar refractivity (Wildman–Crippen MR) is 126 cm³/mol. The van der Waals surface area contributed by atoms with Crippen molar-refractivity contribution >= 4 is 27.7 Å². The van der Waals surface area contributed by atoms with E-state index in [0.717, 1.165) is 12.1 Å². The van der Waals surface area contributed by atoms with E-state index >= 15 is 0 Å². The fraction of sp³-hybridized carbons (Fsp3) is 0.409. The number of guanidine groups is 1. The van der Waals surface area contributed by atoms with Crippen molar-refractivity contribution in [1.29, 1.82) is 0 Å². The fourth-order valence-electron chi connectivity index (χ4n) is 2.64. The number of hydrogen-bond donors (Lipinski definition) is 2. The summed E-state index contributed by atoms with van der Waals surface area (Å²) in [7, 11) is -0.123. The molecular weight excluding hydrogens is 416 g/mol. The molecule has 0 amide bonds. The van der Waals surface area contributed by atoms with Gasteiger partial charge in [0, 0.05) is 43.4 Å². The van der Waals surface area contributed by atoms with Crippen molar-refractivity contribution in [3.05, 3.63) is 60.2 Å². The molecule has 1 unspecified atom stereocenters. The second-order valence-corrected chi connectivity index (χ2v) is 10.8. The zero-order chi connectivity index (χ0) is 22.1. The second-order valence-electron chi connectivity index (χ2n) is 7.31. The van der Waals surface area contributed by atoms with Crippen LogP contribution in [0.3, 0.4) is 0 Å². The van der Waals surface area contributed by atoms with E-state index in [4.69, 9.17) is 0 Å². The van der Waals surface area contributed by atoms with E-state index in [1.165, 1.54) is 9.20 Å². The SMILES string of the molecule is CN=C(NCc1ccc(S(=O)(=O)N(C)C(C)C)cc1)NCC(C)Sc1ccccc1. The molecule has 0 radical (unpaired) electrons. The van der Waals surface area contributed by atoms with Crippen LogP contribution in [0.2, 0.25) is 0 Å². The van der Waals surface area contributed by atoms with Crippen LogP contribution in [-0.2, 0) is 16.6 Å². The lowest BCUT2D eigenvalue weighted by atomic mass is 10.2. The minimum absolute atomic E-state index is 0.0896. The lowest BCUT2D eigenvalue weighted by molar-refractivity contribution is 0.410. The van der Waals surface area contributed by atoms with Crippen LogP contribution in [-0.4, -0.2) is 50.6 Å². The van der Waals surface area contributed by atoms with Gasteiger partial charge in [-0.25, -0.2) is 8.42 Å². The van der Waals surface area contributed by atoms with Crippen LogP contribution < -0.4 is 10.6 Å². The molecule has 1 atom stereocenters. The Balaban J connectivity index is 1.86. The predicted octanol–water partition coefficient (Wildman–Crippen LogP) is 3.56. The molecule has 8 heteroatoms. The largest absolute Gasteiger partial charge is 0.355 e. The first-order chi connectivity index (χ1) is 14.2. The zero-order valence-electron chi connectivity index (χ0n) is 18.3. The molecule has 0 aliphatic rings. The second kappa shape index (κ2) is 11.4. The van der Waals surface area contributed by atoms with E-state index in [1.807, 2.05) is 55.9 Å². The van der Waals surface area contributed by atoms with Gasteiger partial charge in [0.1, 0.15) is 0 Å². The molecule has 0 fully saturated rings. The van der Waals surface area contributed by atoms with Crippen molar-refractivity contribution in [3.8, 4) is 0 Å². The van der Waals surface area contributed by atoms with Crippen molar-refractivity contribution < 1.29 is 8.42 Å². The molecule has 0 bridgehead atoms. The lowest BCUT2D eigenvalue weighted by Crippen LogP contribution is -2.39. The maximum Gasteiger partial charge on any atom is 0.243 e. The molecule has 0 heterocycles. The number of benzene rings is 2. The Hall–Kier alpha value is -2.03. The summed E-state index contributed by atoms with van der Waals surface area (Å²) >= 11 is 1.81. The molecule has 0 aromatic heterocycles. The van der Waals surface area contributed by atoms with Crippen LogP contribution in [0.5, 0.6) is 0 Å². The fourth-order valence-corrected chi connectivity index (χ4v) is 4.96. The number of aliphatic imine (C=N–C) groups is 1. The highest BCUT2D eigenvalue weighted by molar-refractivity contribution is 8.00. The third-order valence-corrected chi connectivity index (χ3v) is 7.81. The molecule has 2 rings (SSSR count). The van der Waals surface area contributed by atoms with Gasteiger partial charge in [-0.05, 0) is 43.7 Å². The maximum absolute atomic E-state index is 12.6. The summed E-state index contributed by atoms with van der Waals surface area (Å²) < 4.78 is 26.5. The normalized spacial score (nSPS) is 13.5. The average molecular weight is 449 g/mol. The average Bonchev–Trinajstić information content (AvgIpc) is 2.74. The van der Waals surface area contributed by atoms with Crippen LogP contribution in [0.15, 0.2) is 69.4 Å². The summed E-state index contributed by atoms with van der Waals surface area (Å²) in [6.07, 6.45) is 0. The van der Waals surface area contributed by atoms with E-state index < -0.39 is 10.0 Å². The molecule has 6 nitrogen and oxygen atoms in total. The molecule has 0 aliphatic heterocycles. The summed E-state index contributed by atoms with van der Waals surface area (Å²) in [5.41, 5.74) is 0.982. The summed E-state index contributed by atoms with van der Waals surface area (Å²) in [5, 5.41) is 6.99. The Morgan fingerprint density at radius 3 is 2.23 bits per heavy atom. The highest BCUT2D eigenvalue weighted by atomic mass is 32.2. The van der Waals surface area contributed by atoms with Crippen LogP contribution in [0.25, 0.3) is 0 Å². The monoisotopic (exact) mass is 448 g/mol. The topological polar surface area (TPSA) is 73.8 Å². The molecule has 0 spiro atoms. The van der Waals surface area contributed by atoms with Crippen molar-refractivity contribution in [2.75, 3.05) is 20.6 Å². The molecule has 164 valence electrons. The minimum atomic E-state index is -3.46. The summed E-state index contributed by atoms with van der Waals surface area (Å²) in [4.78, 5) is 5.81. The smallest absolute Gasteiger partial charge is 0.243 e. The highest BCUT2D eigenvalue weighted by Crippen LogP contribution is 2.22. The zero-order valence-corrected chi connectivity index (χ0v) is 19.9. The molecule has 2 aromatic carbocycles. The lowest BCUT2D eigenvalue weighted by Gasteiger charge is -2.21. The van der Waals surface area contributed by atoms with Gasteiger partial charge in [0.15, 0.2) is 5.96 Å². The number of thioether (sulfide) groups is 1. The van der Waals surface area contributed by atoms with E-state index in [-0.39, 0.29) is 6.04 Å². The van der Waals surface area contributed by atoms with Crippen molar-refractivity contribution in [2.45, 2.75) is 48.4 Å². The Kier molecular flexibility index (Phi) is 9.20. The Morgan fingerprint density at radius 1 is 1.03 bits per heavy atom. The number of sulfonamides is 1. The van der Waals surface area contributed by atoms with Gasteiger partial charge in [-0.1, -0.05) is 37.3 Å². The van der Waals surface area contributed by atoms with Gasteiger partial charge in [-0.15, -0.1) is 11.8 Å². The van der Waals surface area contributed by atoms with Crippen LogP contribution in [0, 0.1) is 0 Å². The Bertz CT molecular complexity index is 914. The van der Waals surface area contributed by atoms with Gasteiger partial charge in [-0.3, -0.25) is 4.99 Å². The van der Waals surface area contributed by atoms with Gasteiger partial charge in [-0.2, -0.15) is 4.31 Å². The van der Waals surface area contributed by atoms with Crippen LogP contribution in [0.4, 0.5) is 0 Å². The summed E-state index contributed by atoms with van der Waals surface area (Å²) in [6, 6.07) is 17.2. The van der Waals surface area contributed by atoms with Crippen molar-refractivity contribution in [2.24, 2.45) is 4.99 Å². The standard InChI is InChI=1S/C22H32N4O2S2/c1-17(2)26(5)30(27,28)21-13-11-19(12-14-21)16-25-22(23-4)24-15-18(3)29-20-9-7-6-8-10-20/h6-14,17-18H,15-16H2,1-5H3,(H2,23,24,25). The maximum atomic E-state index is 12.6. The quantitative estimate of drug-likeness (QED) is 0.349. The molecule has 30 heavy (non-hydrogen) atoms. The van der Waals surface area contributed by atoms with Crippen molar-refractivity contribution in [1.82, 2.24) is 14.9 Å². The van der Waals surface area contributed by atoms with Gasteiger partial charge >= 0.3 is 0 Å². The third kappa shape index (κ3) is 7.04. The molecule has 0 saturated carbocycles. The summed E-state index contributed by atoms with van der Waals surface area (Å²) in [6.45, 7) is 7.21. The number of hydrogen-bond acceptors (Lipinski definition) is 4. The van der Waals surface area contributed by atoms with E-state index in [9.17, 15) is 8.42 Å². The third-order valence-electron chi connectivity index (χ3n) is 4.65. The Morgan fingerprint density at radius 2 is 1.67 bits per heavy atom. The van der Waals surface area contributed by atoms with E-state index in [1.54, 1.807) is 26.2 Å². The molecule has 0 aliphatic carbocycles. The molecular formula is C22H32N4O2S2. The molecule has 0 saturated heterocycles. The number of nitrogens with one attached hydrogen (secondary N) is 2. The molecule has 2 aromatic rings. The minimum Gasteiger partial charge on any atom is -0.355 e. The van der Waals surface area contributed by atoms with Gasteiger partial charge < -0.3 is 10.6 Å². The van der Waals surface area contributed by atoms with Gasteiger partial charge in [0.05, 0.1) is 4.90 Å². The number of nitrogens with zero attached hydrogens (tertiary/aromatic N) is 2. The van der Waals surface area contributed by atoms with Crippen LogP contribution >= 0.6 is 11.8 Å². The van der Waals surface area contributed by atoms with Crippen molar-refractivity contribution in [3.63, 3.8) is 0 Å². The number of rotatable bonds is 9. The molecule has 2 N–H and O–H groups in total. The van der Waals surface area contributed by atoms with E-state index in [0.29, 0.717) is 22.6 Å². The first-order valence-electron chi connectivity index (χ1n) is 9.97. The first-order valence-corrected chi connectivity index (χ1v) is 12.3. The van der Waals surface area contributed by atoms with E-state index in [2.05, 4.69) is 34.7 Å². The highest BCUT2D eigenvalue weighted by Gasteiger charge is 2.22. The van der Waals surface area contributed by atoms with Gasteiger partial charge in [0.2, 0.25) is 10.0 Å². The Labute approximate surface area is 185 Å². The van der Waals surface area contributed by atoms with Crippen LogP contribution in [0.1, 0.15) is 26.3 Å². The summed E-state index contributed by atoms with van der Waals surface area (Å²) in [5.74, 6) is 0.715.